The second kappa shape index (κ2) is 5.06. The van der Waals surface area contributed by atoms with Gasteiger partial charge in [-0.05, 0) is 24.6 Å². The third-order valence-electron chi connectivity index (χ3n) is 1.82. The molecule has 1 N–H and O–H groups in total. The van der Waals surface area contributed by atoms with Gasteiger partial charge in [-0.2, -0.15) is 0 Å². The molecule has 0 aliphatic carbocycles. The van der Waals surface area contributed by atoms with E-state index in [4.69, 9.17) is 9.84 Å². The quantitative estimate of drug-likeness (QED) is 0.747. The Hall–Kier alpha value is -1.95. The molecular formula is C12H12O3. The van der Waals surface area contributed by atoms with Gasteiger partial charge in [-0.3, -0.25) is 4.79 Å². The van der Waals surface area contributed by atoms with E-state index in [1.165, 1.54) is 0 Å². The fourth-order valence-electron chi connectivity index (χ4n) is 1.12. The van der Waals surface area contributed by atoms with Crippen LogP contribution in [0.1, 0.15) is 17.5 Å². The number of benzene rings is 1. The van der Waals surface area contributed by atoms with Crippen LogP contribution in [0.4, 0.5) is 0 Å². The van der Waals surface area contributed by atoms with Gasteiger partial charge in [0.05, 0.1) is 12.7 Å². The van der Waals surface area contributed by atoms with E-state index in [1.807, 2.05) is 25.1 Å². The average molecular weight is 204 g/mol. The number of aliphatic carboxylic acids is 1. The molecule has 78 valence electrons. The minimum absolute atomic E-state index is 0.156. The van der Waals surface area contributed by atoms with Crippen molar-refractivity contribution in [2.75, 3.05) is 7.11 Å². The maximum absolute atomic E-state index is 10.3. The molecule has 1 aromatic carbocycles. The summed E-state index contributed by atoms with van der Waals surface area (Å²) in [6.45, 7) is 1.96. The van der Waals surface area contributed by atoms with E-state index < -0.39 is 5.97 Å². The van der Waals surface area contributed by atoms with Crippen LogP contribution in [0.5, 0.6) is 5.75 Å². The summed E-state index contributed by atoms with van der Waals surface area (Å²) in [5, 5.41) is 8.43. The van der Waals surface area contributed by atoms with Gasteiger partial charge in [-0.1, -0.05) is 17.9 Å². The summed E-state index contributed by atoms with van der Waals surface area (Å²) in [5.74, 6) is 5.08. The molecule has 0 amide bonds. The van der Waals surface area contributed by atoms with E-state index in [9.17, 15) is 4.79 Å². The fraction of sp³-hybridized carbons (Fsp3) is 0.250. The van der Waals surface area contributed by atoms with E-state index in [-0.39, 0.29) is 6.42 Å². The third-order valence-corrected chi connectivity index (χ3v) is 1.82. The van der Waals surface area contributed by atoms with Crippen molar-refractivity contribution in [1.82, 2.24) is 0 Å². The highest BCUT2D eigenvalue weighted by atomic mass is 16.5. The normalized spacial score (nSPS) is 8.93. The Kier molecular flexibility index (Phi) is 3.75. The van der Waals surface area contributed by atoms with Gasteiger partial charge in [0, 0.05) is 0 Å². The summed E-state index contributed by atoms with van der Waals surface area (Å²) in [6, 6.07) is 5.60. The second-order valence-electron chi connectivity index (χ2n) is 3.08. The summed E-state index contributed by atoms with van der Waals surface area (Å²) in [7, 11) is 1.57. The number of hydrogen-bond acceptors (Lipinski definition) is 2. The van der Waals surface area contributed by atoms with Crippen molar-refractivity contribution in [3.8, 4) is 17.6 Å². The molecule has 0 radical (unpaired) electrons. The predicted octanol–water partition coefficient (Wildman–Crippen LogP) is 1.83. The Morgan fingerprint density at radius 3 is 2.87 bits per heavy atom. The minimum atomic E-state index is -0.923. The number of aryl methyl sites for hydroxylation is 1. The first kappa shape index (κ1) is 11.1. The van der Waals surface area contributed by atoms with Crippen molar-refractivity contribution < 1.29 is 14.6 Å². The molecule has 1 aromatic rings. The lowest BCUT2D eigenvalue weighted by Gasteiger charge is -2.03. The molecule has 0 bridgehead atoms. The molecule has 0 fully saturated rings. The highest BCUT2D eigenvalue weighted by Gasteiger charge is 1.99. The fourth-order valence-corrected chi connectivity index (χ4v) is 1.12. The monoisotopic (exact) mass is 204 g/mol. The van der Waals surface area contributed by atoms with Gasteiger partial charge >= 0.3 is 5.97 Å². The zero-order valence-corrected chi connectivity index (χ0v) is 8.70. The molecule has 0 saturated heterocycles. The number of carbonyl (C=O) groups is 1. The van der Waals surface area contributed by atoms with Gasteiger partial charge < -0.3 is 9.84 Å². The summed E-state index contributed by atoms with van der Waals surface area (Å²) in [5.41, 5.74) is 1.79. The molecule has 0 aromatic heterocycles. The van der Waals surface area contributed by atoms with Crippen molar-refractivity contribution in [2.24, 2.45) is 0 Å². The van der Waals surface area contributed by atoms with Crippen LogP contribution in [-0.2, 0) is 4.79 Å². The van der Waals surface area contributed by atoms with Crippen LogP contribution in [-0.4, -0.2) is 18.2 Å². The maximum Gasteiger partial charge on any atom is 0.315 e. The molecule has 1 rings (SSSR count). The number of carboxylic acids is 1. The molecule has 0 unspecified atom stereocenters. The number of hydrogen-bond donors (Lipinski definition) is 1. The Morgan fingerprint density at radius 1 is 1.53 bits per heavy atom. The lowest BCUT2D eigenvalue weighted by Crippen LogP contribution is -1.91. The number of carboxylic acid groups (broad SMARTS) is 1. The number of methoxy groups -OCH3 is 1. The first-order chi connectivity index (χ1) is 7.13. The summed E-state index contributed by atoms with van der Waals surface area (Å²) in [6.07, 6.45) is -0.156. The SMILES string of the molecule is COc1cc(C)ccc1C#CCC(=O)O. The Bertz CT molecular complexity index is 424. The van der Waals surface area contributed by atoms with E-state index in [1.54, 1.807) is 7.11 Å². The summed E-state index contributed by atoms with van der Waals surface area (Å²) in [4.78, 5) is 10.3. The van der Waals surface area contributed by atoms with Crippen LogP contribution < -0.4 is 4.74 Å². The maximum atomic E-state index is 10.3. The molecule has 0 aliphatic rings. The summed E-state index contributed by atoms with van der Waals surface area (Å²) < 4.78 is 5.13. The van der Waals surface area contributed by atoms with Crippen LogP contribution >= 0.6 is 0 Å². The lowest BCUT2D eigenvalue weighted by molar-refractivity contribution is -0.135. The van der Waals surface area contributed by atoms with Crippen LogP contribution in [0.3, 0.4) is 0 Å². The van der Waals surface area contributed by atoms with Crippen molar-refractivity contribution in [2.45, 2.75) is 13.3 Å². The number of rotatable bonds is 2. The topological polar surface area (TPSA) is 46.5 Å². The standard InChI is InChI=1S/C12H12O3/c1-9-6-7-10(11(8-9)15-2)4-3-5-12(13)14/h6-8H,5H2,1-2H3,(H,13,14). The molecule has 0 saturated carbocycles. The summed E-state index contributed by atoms with van der Waals surface area (Å²) >= 11 is 0. The molecule has 15 heavy (non-hydrogen) atoms. The average Bonchev–Trinajstić information content (AvgIpc) is 2.19. The smallest absolute Gasteiger partial charge is 0.315 e. The minimum Gasteiger partial charge on any atom is -0.495 e. The highest BCUT2D eigenvalue weighted by Crippen LogP contribution is 2.18. The Morgan fingerprint density at radius 2 is 2.27 bits per heavy atom. The van der Waals surface area contributed by atoms with Crippen molar-refractivity contribution in [3.05, 3.63) is 29.3 Å². The van der Waals surface area contributed by atoms with Gasteiger partial charge in [-0.25, -0.2) is 0 Å². The molecule has 0 atom stereocenters. The van der Waals surface area contributed by atoms with Gasteiger partial charge in [0.2, 0.25) is 0 Å². The molecular weight excluding hydrogens is 192 g/mol. The van der Waals surface area contributed by atoms with E-state index in [0.717, 1.165) is 5.56 Å². The molecule has 3 nitrogen and oxygen atoms in total. The molecule has 0 heterocycles. The van der Waals surface area contributed by atoms with Gasteiger partial charge in [-0.15, -0.1) is 0 Å². The molecule has 3 heteroatoms. The van der Waals surface area contributed by atoms with Crippen molar-refractivity contribution in [1.29, 1.82) is 0 Å². The van der Waals surface area contributed by atoms with Crippen LogP contribution in [0.2, 0.25) is 0 Å². The first-order valence-corrected chi connectivity index (χ1v) is 4.49. The Labute approximate surface area is 88.7 Å². The largest absolute Gasteiger partial charge is 0.495 e. The van der Waals surface area contributed by atoms with Crippen LogP contribution in [0, 0.1) is 18.8 Å². The Balaban J connectivity index is 2.92. The molecule has 0 spiro atoms. The zero-order chi connectivity index (χ0) is 11.3. The van der Waals surface area contributed by atoms with Crippen molar-refractivity contribution >= 4 is 5.97 Å². The van der Waals surface area contributed by atoms with E-state index in [2.05, 4.69) is 11.8 Å². The lowest BCUT2D eigenvalue weighted by atomic mass is 10.1. The van der Waals surface area contributed by atoms with Gasteiger partial charge in [0.15, 0.2) is 0 Å². The van der Waals surface area contributed by atoms with Gasteiger partial charge in [0.1, 0.15) is 12.2 Å². The first-order valence-electron chi connectivity index (χ1n) is 4.49. The van der Waals surface area contributed by atoms with Crippen LogP contribution in [0.15, 0.2) is 18.2 Å². The van der Waals surface area contributed by atoms with Gasteiger partial charge in [0.25, 0.3) is 0 Å². The van der Waals surface area contributed by atoms with E-state index >= 15 is 0 Å². The zero-order valence-electron chi connectivity index (χ0n) is 8.70. The van der Waals surface area contributed by atoms with Crippen LogP contribution in [0.25, 0.3) is 0 Å². The van der Waals surface area contributed by atoms with Crippen molar-refractivity contribution in [3.63, 3.8) is 0 Å². The third kappa shape index (κ3) is 3.35. The molecule has 0 aliphatic heterocycles. The highest BCUT2D eigenvalue weighted by molar-refractivity contribution is 5.70. The van der Waals surface area contributed by atoms with E-state index in [0.29, 0.717) is 11.3 Å². The predicted molar refractivity (Wildman–Crippen MR) is 56.9 cm³/mol. The number of ether oxygens (including phenoxy) is 1. The second-order valence-corrected chi connectivity index (χ2v) is 3.08.